The number of imidazole rings is 1. The number of aromatic nitrogens is 4. The van der Waals surface area contributed by atoms with Gasteiger partial charge in [-0.1, -0.05) is 18.7 Å². The molecule has 142 valence electrons. The molecule has 0 N–H and O–H groups in total. The number of likely N-dealkylation sites (tertiary alicyclic amines) is 1. The van der Waals surface area contributed by atoms with E-state index in [1.165, 1.54) is 29.8 Å². The Morgan fingerprint density at radius 3 is 2.65 bits per heavy atom. The molecule has 1 aliphatic rings. The lowest BCUT2D eigenvalue weighted by Crippen LogP contribution is -2.40. The van der Waals surface area contributed by atoms with Crippen molar-refractivity contribution >= 4 is 28.8 Å². The van der Waals surface area contributed by atoms with Gasteiger partial charge >= 0.3 is 5.69 Å². The Labute approximate surface area is 155 Å². The van der Waals surface area contributed by atoms with Crippen molar-refractivity contribution < 1.29 is 4.79 Å². The summed E-state index contributed by atoms with van der Waals surface area (Å²) in [5.74, 6) is 0.915. The standard InChI is InChI=1S/C17H25N5O3S/c1-5-22-13-14(19(3)17(25)20(4)15(13)24)18-16(22)26-10-12(23)21-8-6-7-11(2)9-21/h11H,5-10H2,1-4H3/t11-/m1/s1. The number of aryl methyl sites for hydroxylation is 2. The van der Waals surface area contributed by atoms with Crippen LogP contribution in [-0.4, -0.2) is 48.3 Å². The van der Waals surface area contributed by atoms with Crippen LogP contribution in [0.4, 0.5) is 0 Å². The predicted octanol–water partition coefficient (Wildman–Crippen LogP) is 0.804. The molecule has 8 nitrogen and oxygen atoms in total. The topological polar surface area (TPSA) is 82.1 Å². The van der Waals surface area contributed by atoms with E-state index in [0.717, 1.165) is 24.1 Å². The second kappa shape index (κ2) is 7.30. The molecule has 1 amide bonds. The van der Waals surface area contributed by atoms with Crippen molar-refractivity contribution in [2.24, 2.45) is 20.0 Å². The third kappa shape index (κ3) is 3.20. The van der Waals surface area contributed by atoms with E-state index in [9.17, 15) is 14.4 Å². The van der Waals surface area contributed by atoms with Gasteiger partial charge in [0, 0.05) is 33.7 Å². The number of amides is 1. The Balaban J connectivity index is 1.90. The molecule has 3 heterocycles. The normalized spacial score (nSPS) is 17.8. The molecule has 1 saturated heterocycles. The maximum atomic E-state index is 12.5. The molecule has 0 saturated carbocycles. The van der Waals surface area contributed by atoms with Gasteiger partial charge in [0.1, 0.15) is 0 Å². The number of hydrogen-bond donors (Lipinski definition) is 0. The summed E-state index contributed by atoms with van der Waals surface area (Å²) in [6, 6.07) is 0. The average molecular weight is 379 g/mol. The molecule has 0 bridgehead atoms. The average Bonchev–Trinajstić information content (AvgIpc) is 3.01. The summed E-state index contributed by atoms with van der Waals surface area (Å²) in [7, 11) is 3.07. The molecule has 0 radical (unpaired) electrons. The lowest BCUT2D eigenvalue weighted by molar-refractivity contribution is -0.130. The molecular weight excluding hydrogens is 354 g/mol. The van der Waals surface area contributed by atoms with Gasteiger partial charge in [0.25, 0.3) is 5.56 Å². The zero-order valence-electron chi connectivity index (χ0n) is 15.7. The quantitative estimate of drug-likeness (QED) is 0.734. The number of fused-ring (bicyclic) bond motifs is 1. The fraction of sp³-hybridized carbons (Fsp3) is 0.647. The summed E-state index contributed by atoms with van der Waals surface area (Å²) in [5, 5.41) is 0.596. The number of thioether (sulfide) groups is 1. The van der Waals surface area contributed by atoms with Crippen LogP contribution in [0.3, 0.4) is 0 Å². The maximum absolute atomic E-state index is 12.5. The molecule has 1 aliphatic heterocycles. The first-order chi connectivity index (χ1) is 12.3. The third-order valence-corrected chi connectivity index (χ3v) is 5.92. The van der Waals surface area contributed by atoms with Crippen molar-refractivity contribution in [3.63, 3.8) is 0 Å². The van der Waals surface area contributed by atoms with Gasteiger partial charge in [0.15, 0.2) is 16.3 Å². The van der Waals surface area contributed by atoms with Crippen LogP contribution < -0.4 is 11.2 Å². The van der Waals surface area contributed by atoms with Crippen molar-refractivity contribution in [1.29, 1.82) is 0 Å². The van der Waals surface area contributed by atoms with E-state index in [2.05, 4.69) is 11.9 Å². The summed E-state index contributed by atoms with van der Waals surface area (Å²) in [4.78, 5) is 43.6. The SMILES string of the molecule is CCn1c(SCC(=O)N2CCC[C@@H](C)C2)nc2c1c(=O)n(C)c(=O)n2C. The number of hydrogen-bond acceptors (Lipinski definition) is 5. The van der Waals surface area contributed by atoms with Crippen molar-refractivity contribution in [3.8, 4) is 0 Å². The number of carbonyl (C=O) groups excluding carboxylic acids is 1. The highest BCUT2D eigenvalue weighted by atomic mass is 32.2. The van der Waals surface area contributed by atoms with Gasteiger partial charge < -0.3 is 9.47 Å². The van der Waals surface area contributed by atoms with Gasteiger partial charge in [-0.25, -0.2) is 9.78 Å². The molecule has 3 rings (SSSR count). The number of piperidine rings is 1. The first-order valence-electron chi connectivity index (χ1n) is 8.92. The Hall–Kier alpha value is -2.03. The summed E-state index contributed by atoms with van der Waals surface area (Å²) in [6.07, 6.45) is 2.21. The second-order valence-electron chi connectivity index (χ2n) is 6.89. The molecule has 1 atom stereocenters. The van der Waals surface area contributed by atoms with E-state index in [1.807, 2.05) is 11.8 Å². The van der Waals surface area contributed by atoms with Crippen LogP contribution >= 0.6 is 11.8 Å². The highest BCUT2D eigenvalue weighted by Gasteiger charge is 2.23. The van der Waals surface area contributed by atoms with Crippen LogP contribution in [0.15, 0.2) is 14.7 Å². The Kier molecular flexibility index (Phi) is 5.27. The molecule has 0 spiro atoms. The van der Waals surface area contributed by atoms with Crippen LogP contribution in [-0.2, 0) is 25.4 Å². The fourth-order valence-corrected chi connectivity index (χ4v) is 4.43. The Morgan fingerprint density at radius 1 is 1.27 bits per heavy atom. The highest BCUT2D eigenvalue weighted by molar-refractivity contribution is 7.99. The minimum Gasteiger partial charge on any atom is -0.342 e. The molecule has 9 heteroatoms. The molecule has 26 heavy (non-hydrogen) atoms. The van der Waals surface area contributed by atoms with Crippen LogP contribution in [0.1, 0.15) is 26.7 Å². The van der Waals surface area contributed by atoms with Crippen molar-refractivity contribution in [2.45, 2.75) is 38.4 Å². The third-order valence-electron chi connectivity index (χ3n) is 4.96. The van der Waals surface area contributed by atoms with Crippen LogP contribution in [0, 0.1) is 5.92 Å². The summed E-state index contributed by atoms with van der Waals surface area (Å²) in [6.45, 7) is 6.24. The first-order valence-corrected chi connectivity index (χ1v) is 9.90. The van der Waals surface area contributed by atoms with E-state index < -0.39 is 5.69 Å². The van der Waals surface area contributed by atoms with Gasteiger partial charge in [-0.3, -0.25) is 18.7 Å². The summed E-state index contributed by atoms with van der Waals surface area (Å²) >= 11 is 1.33. The van der Waals surface area contributed by atoms with E-state index in [4.69, 9.17) is 0 Å². The molecule has 0 unspecified atom stereocenters. The van der Waals surface area contributed by atoms with Crippen molar-refractivity contribution in [2.75, 3.05) is 18.8 Å². The van der Waals surface area contributed by atoms with Gasteiger partial charge in [0.05, 0.1) is 5.75 Å². The van der Waals surface area contributed by atoms with Gasteiger partial charge in [-0.05, 0) is 25.7 Å². The predicted molar refractivity (Wildman–Crippen MR) is 102 cm³/mol. The lowest BCUT2D eigenvalue weighted by Gasteiger charge is -2.30. The first kappa shape index (κ1) is 18.8. The smallest absolute Gasteiger partial charge is 0.332 e. The highest BCUT2D eigenvalue weighted by Crippen LogP contribution is 2.23. The van der Waals surface area contributed by atoms with Crippen LogP contribution in [0.5, 0.6) is 0 Å². The van der Waals surface area contributed by atoms with Gasteiger partial charge in [-0.2, -0.15) is 0 Å². The zero-order chi connectivity index (χ0) is 19.0. The number of nitrogens with zero attached hydrogens (tertiary/aromatic N) is 5. The van der Waals surface area contributed by atoms with Crippen LogP contribution in [0.25, 0.3) is 11.2 Å². The van der Waals surface area contributed by atoms with E-state index >= 15 is 0 Å². The van der Waals surface area contributed by atoms with Crippen molar-refractivity contribution in [1.82, 2.24) is 23.6 Å². The Bertz CT molecular complexity index is 958. The molecule has 2 aromatic rings. The largest absolute Gasteiger partial charge is 0.342 e. The summed E-state index contributed by atoms with van der Waals surface area (Å²) in [5.41, 5.74) is -0.00111. The second-order valence-corrected chi connectivity index (χ2v) is 7.83. The maximum Gasteiger partial charge on any atom is 0.332 e. The van der Waals surface area contributed by atoms with E-state index in [1.54, 1.807) is 11.6 Å². The minimum atomic E-state index is -0.404. The van der Waals surface area contributed by atoms with Crippen LogP contribution in [0.2, 0.25) is 0 Å². The Morgan fingerprint density at radius 2 is 2.00 bits per heavy atom. The minimum absolute atomic E-state index is 0.0954. The van der Waals surface area contributed by atoms with Gasteiger partial charge in [0.2, 0.25) is 5.91 Å². The number of carbonyl (C=O) groups is 1. The van der Waals surface area contributed by atoms with E-state index in [0.29, 0.717) is 28.8 Å². The zero-order valence-corrected chi connectivity index (χ0v) is 16.5. The fourth-order valence-electron chi connectivity index (χ4n) is 3.46. The summed E-state index contributed by atoms with van der Waals surface area (Å²) < 4.78 is 4.25. The number of rotatable bonds is 4. The molecule has 0 aromatic carbocycles. The van der Waals surface area contributed by atoms with Gasteiger partial charge in [-0.15, -0.1) is 0 Å². The van der Waals surface area contributed by atoms with Crippen molar-refractivity contribution in [3.05, 3.63) is 20.8 Å². The molecular formula is C17H25N5O3S. The lowest BCUT2D eigenvalue weighted by atomic mass is 10.0. The monoisotopic (exact) mass is 379 g/mol. The molecule has 2 aromatic heterocycles. The molecule has 0 aliphatic carbocycles. The molecule has 1 fully saturated rings. The van der Waals surface area contributed by atoms with E-state index in [-0.39, 0.29) is 17.2 Å².